The molecular weight excluding hydrogens is 343 g/mol. The van der Waals surface area contributed by atoms with Gasteiger partial charge in [0.15, 0.2) is 0 Å². The van der Waals surface area contributed by atoms with Crippen LogP contribution >= 0.6 is 24.0 Å². The highest BCUT2D eigenvalue weighted by Gasteiger charge is 2.35. The molecule has 134 valence electrons. The number of halogens is 2. The van der Waals surface area contributed by atoms with Gasteiger partial charge in [0, 0.05) is 11.4 Å². The summed E-state index contributed by atoms with van der Waals surface area (Å²) in [6, 6.07) is 8.02. The summed E-state index contributed by atoms with van der Waals surface area (Å²) in [5.41, 5.74) is 1.02. The van der Waals surface area contributed by atoms with Crippen LogP contribution in [0, 0.1) is 5.92 Å². The molecule has 1 saturated heterocycles. The van der Waals surface area contributed by atoms with Gasteiger partial charge in [-0.3, -0.25) is 4.79 Å². The van der Waals surface area contributed by atoms with Gasteiger partial charge in [-0.25, -0.2) is 0 Å². The van der Waals surface area contributed by atoms with Crippen LogP contribution in [-0.4, -0.2) is 19.0 Å². The lowest BCUT2D eigenvalue weighted by Gasteiger charge is -2.39. The summed E-state index contributed by atoms with van der Waals surface area (Å²) in [5, 5.41) is 7.51. The van der Waals surface area contributed by atoms with Gasteiger partial charge in [-0.05, 0) is 62.4 Å². The molecule has 2 fully saturated rings. The molecule has 0 spiro atoms. The van der Waals surface area contributed by atoms with Gasteiger partial charge in [0.25, 0.3) is 0 Å². The highest BCUT2D eigenvalue weighted by atomic mass is 35.5. The summed E-state index contributed by atoms with van der Waals surface area (Å²) in [5.74, 6) is 0.868. The Kier molecular flexibility index (Phi) is 7.39. The molecule has 1 aliphatic heterocycles. The van der Waals surface area contributed by atoms with Crippen LogP contribution in [0.1, 0.15) is 56.9 Å². The van der Waals surface area contributed by atoms with Crippen molar-refractivity contribution in [1.29, 1.82) is 0 Å². The number of benzene rings is 1. The Bertz CT molecular complexity index is 521. The van der Waals surface area contributed by atoms with E-state index in [9.17, 15) is 4.79 Å². The van der Waals surface area contributed by atoms with E-state index in [1.165, 1.54) is 31.2 Å². The van der Waals surface area contributed by atoms with E-state index in [1.807, 2.05) is 12.1 Å². The second kappa shape index (κ2) is 9.07. The Hall–Kier alpha value is -0.770. The molecule has 2 aliphatic rings. The van der Waals surface area contributed by atoms with Crippen molar-refractivity contribution in [2.75, 3.05) is 13.1 Å². The second-order valence-corrected chi connectivity index (χ2v) is 7.53. The zero-order chi connectivity index (χ0) is 16.1. The standard InChI is InChI=1S/C19H27ClN2O.ClH/c20-17-7-5-16(6-8-17)19(11-2-1-3-12-19)22-18(23)9-4-15-10-13-21-14-15;/h5-8,15,21H,1-4,9-14H2,(H,22,23);1H. The Labute approximate surface area is 156 Å². The summed E-state index contributed by atoms with van der Waals surface area (Å²) >= 11 is 6.03. The maximum absolute atomic E-state index is 12.6. The van der Waals surface area contributed by atoms with Gasteiger partial charge in [-0.2, -0.15) is 0 Å². The normalized spacial score (nSPS) is 22.6. The molecule has 1 unspecified atom stereocenters. The van der Waals surface area contributed by atoms with Crippen LogP contribution in [0.15, 0.2) is 24.3 Å². The van der Waals surface area contributed by atoms with E-state index in [-0.39, 0.29) is 23.9 Å². The van der Waals surface area contributed by atoms with E-state index >= 15 is 0 Å². The van der Waals surface area contributed by atoms with Crippen LogP contribution in [0.2, 0.25) is 5.02 Å². The second-order valence-electron chi connectivity index (χ2n) is 7.10. The zero-order valence-corrected chi connectivity index (χ0v) is 15.7. The number of hydrogen-bond acceptors (Lipinski definition) is 2. The third-order valence-corrected chi connectivity index (χ3v) is 5.68. The van der Waals surface area contributed by atoms with Crippen molar-refractivity contribution in [3.8, 4) is 0 Å². The molecule has 1 aliphatic carbocycles. The summed E-state index contributed by atoms with van der Waals surface area (Å²) in [7, 11) is 0. The van der Waals surface area contributed by atoms with Gasteiger partial charge in [-0.1, -0.05) is 43.0 Å². The van der Waals surface area contributed by atoms with Crippen LogP contribution in [-0.2, 0) is 10.3 Å². The van der Waals surface area contributed by atoms with Crippen molar-refractivity contribution in [2.45, 2.75) is 56.9 Å². The molecule has 2 N–H and O–H groups in total. The fourth-order valence-electron chi connectivity index (χ4n) is 4.04. The fraction of sp³-hybridized carbons (Fsp3) is 0.632. The first kappa shape index (κ1) is 19.6. The van der Waals surface area contributed by atoms with Crippen molar-refractivity contribution in [2.24, 2.45) is 5.92 Å². The van der Waals surface area contributed by atoms with Gasteiger partial charge in [0.05, 0.1) is 5.54 Å². The van der Waals surface area contributed by atoms with Crippen LogP contribution < -0.4 is 10.6 Å². The molecule has 5 heteroatoms. The Morgan fingerprint density at radius 2 is 1.92 bits per heavy atom. The summed E-state index contributed by atoms with van der Waals surface area (Å²) < 4.78 is 0. The molecule has 24 heavy (non-hydrogen) atoms. The predicted octanol–water partition coefficient (Wildman–Crippen LogP) is 4.43. The number of rotatable bonds is 5. The molecule has 1 amide bonds. The van der Waals surface area contributed by atoms with Crippen molar-refractivity contribution in [3.05, 3.63) is 34.9 Å². The fourth-order valence-corrected chi connectivity index (χ4v) is 4.16. The van der Waals surface area contributed by atoms with E-state index in [0.717, 1.165) is 37.4 Å². The Balaban J connectivity index is 0.00000208. The van der Waals surface area contributed by atoms with Gasteiger partial charge in [0.2, 0.25) is 5.91 Å². The van der Waals surface area contributed by atoms with Crippen molar-refractivity contribution >= 4 is 29.9 Å². The molecule has 1 aromatic carbocycles. The van der Waals surface area contributed by atoms with E-state index in [2.05, 4.69) is 22.8 Å². The quantitative estimate of drug-likeness (QED) is 0.804. The Morgan fingerprint density at radius 3 is 2.54 bits per heavy atom. The van der Waals surface area contributed by atoms with Gasteiger partial charge in [0.1, 0.15) is 0 Å². The Morgan fingerprint density at radius 1 is 1.21 bits per heavy atom. The summed E-state index contributed by atoms with van der Waals surface area (Å²) in [4.78, 5) is 12.6. The first-order valence-corrected chi connectivity index (χ1v) is 9.33. The van der Waals surface area contributed by atoms with Gasteiger partial charge >= 0.3 is 0 Å². The van der Waals surface area contributed by atoms with Gasteiger partial charge in [-0.15, -0.1) is 12.4 Å². The van der Waals surface area contributed by atoms with Crippen LogP contribution in [0.4, 0.5) is 0 Å². The lowest BCUT2D eigenvalue weighted by atomic mass is 9.76. The minimum absolute atomic E-state index is 0. The molecule has 0 radical (unpaired) electrons. The maximum atomic E-state index is 12.6. The zero-order valence-electron chi connectivity index (χ0n) is 14.2. The highest BCUT2D eigenvalue weighted by molar-refractivity contribution is 6.30. The molecule has 1 atom stereocenters. The van der Waals surface area contributed by atoms with Crippen molar-refractivity contribution < 1.29 is 4.79 Å². The minimum atomic E-state index is -0.187. The van der Waals surface area contributed by atoms with E-state index in [0.29, 0.717) is 12.3 Å². The summed E-state index contributed by atoms with van der Waals surface area (Å²) in [6.07, 6.45) is 8.52. The summed E-state index contributed by atoms with van der Waals surface area (Å²) in [6.45, 7) is 2.16. The SMILES string of the molecule is Cl.O=C(CCC1CCNC1)NC1(c2ccc(Cl)cc2)CCCCC1. The van der Waals surface area contributed by atoms with Crippen molar-refractivity contribution in [1.82, 2.24) is 10.6 Å². The van der Waals surface area contributed by atoms with E-state index < -0.39 is 0 Å². The van der Waals surface area contributed by atoms with Crippen LogP contribution in [0.25, 0.3) is 0 Å². The molecule has 3 nitrogen and oxygen atoms in total. The lowest BCUT2D eigenvalue weighted by molar-refractivity contribution is -0.123. The number of carbonyl (C=O) groups excluding carboxylic acids is 1. The first-order valence-electron chi connectivity index (χ1n) is 8.96. The molecule has 3 rings (SSSR count). The monoisotopic (exact) mass is 370 g/mol. The molecule has 0 bridgehead atoms. The van der Waals surface area contributed by atoms with Gasteiger partial charge < -0.3 is 10.6 Å². The number of carbonyl (C=O) groups is 1. The van der Waals surface area contributed by atoms with E-state index in [1.54, 1.807) is 0 Å². The number of nitrogens with one attached hydrogen (secondary N) is 2. The average Bonchev–Trinajstić information content (AvgIpc) is 3.08. The van der Waals surface area contributed by atoms with Crippen molar-refractivity contribution in [3.63, 3.8) is 0 Å². The molecule has 1 saturated carbocycles. The van der Waals surface area contributed by atoms with Crippen LogP contribution in [0.3, 0.4) is 0 Å². The molecular formula is C19H28Cl2N2O. The predicted molar refractivity (Wildman–Crippen MR) is 102 cm³/mol. The van der Waals surface area contributed by atoms with Crippen LogP contribution in [0.5, 0.6) is 0 Å². The molecule has 0 aromatic heterocycles. The third-order valence-electron chi connectivity index (χ3n) is 5.42. The third kappa shape index (κ3) is 4.87. The van der Waals surface area contributed by atoms with E-state index in [4.69, 9.17) is 11.6 Å². The first-order chi connectivity index (χ1) is 11.2. The largest absolute Gasteiger partial charge is 0.347 e. The number of amides is 1. The minimum Gasteiger partial charge on any atom is -0.347 e. The maximum Gasteiger partial charge on any atom is 0.220 e. The smallest absolute Gasteiger partial charge is 0.220 e. The lowest BCUT2D eigenvalue weighted by Crippen LogP contribution is -2.47. The number of hydrogen-bond donors (Lipinski definition) is 2. The molecule has 1 heterocycles. The average molecular weight is 371 g/mol. The highest BCUT2D eigenvalue weighted by Crippen LogP contribution is 2.37. The topological polar surface area (TPSA) is 41.1 Å². The molecule has 1 aromatic rings.